The van der Waals surface area contributed by atoms with E-state index in [0.717, 1.165) is 11.3 Å². The second kappa shape index (κ2) is 9.92. The summed E-state index contributed by atoms with van der Waals surface area (Å²) in [6, 6.07) is 8.85. The highest BCUT2D eigenvalue weighted by molar-refractivity contribution is 6.31. The van der Waals surface area contributed by atoms with E-state index in [0.29, 0.717) is 47.4 Å². The molecule has 0 unspecified atom stereocenters. The first kappa shape index (κ1) is 20.7. The van der Waals surface area contributed by atoms with Crippen LogP contribution < -0.4 is 24.3 Å². The minimum atomic E-state index is -0.125. The third-order valence-corrected chi connectivity index (χ3v) is 4.32. The van der Waals surface area contributed by atoms with Crippen LogP contribution in [0, 0.1) is 6.92 Å². The molecule has 0 atom stereocenters. The number of carbonyl (C=O) groups excluding carboxylic acids is 1. The molecule has 1 N–H and O–H groups in total. The van der Waals surface area contributed by atoms with E-state index >= 15 is 0 Å². The third kappa shape index (κ3) is 5.69. The summed E-state index contributed by atoms with van der Waals surface area (Å²) >= 11 is 5.99. The zero-order chi connectivity index (χ0) is 19.8. The number of benzene rings is 2. The zero-order valence-corrected chi connectivity index (χ0v) is 16.7. The lowest BCUT2D eigenvalue weighted by molar-refractivity contribution is -0.116. The highest BCUT2D eigenvalue weighted by atomic mass is 35.5. The van der Waals surface area contributed by atoms with Crippen LogP contribution in [-0.2, 0) is 4.79 Å². The average Bonchev–Trinajstić information content (AvgIpc) is 2.67. The Morgan fingerprint density at radius 2 is 1.70 bits per heavy atom. The lowest BCUT2D eigenvalue weighted by Gasteiger charge is -2.14. The van der Waals surface area contributed by atoms with Gasteiger partial charge in [0.15, 0.2) is 11.5 Å². The van der Waals surface area contributed by atoms with Gasteiger partial charge in [0.1, 0.15) is 5.75 Å². The molecule has 0 saturated carbocycles. The maximum atomic E-state index is 12.2. The molecule has 0 radical (unpaired) electrons. The summed E-state index contributed by atoms with van der Waals surface area (Å²) < 4.78 is 21.5. The van der Waals surface area contributed by atoms with E-state index in [9.17, 15) is 4.79 Å². The minimum Gasteiger partial charge on any atom is -0.494 e. The summed E-state index contributed by atoms with van der Waals surface area (Å²) in [5.74, 6) is 2.05. The van der Waals surface area contributed by atoms with Gasteiger partial charge in [0.25, 0.3) is 0 Å². The quantitative estimate of drug-likeness (QED) is 0.636. The average molecular weight is 394 g/mol. The van der Waals surface area contributed by atoms with Crippen LogP contribution in [0.15, 0.2) is 30.3 Å². The Morgan fingerprint density at radius 1 is 1.04 bits per heavy atom. The normalized spacial score (nSPS) is 10.3. The van der Waals surface area contributed by atoms with E-state index in [1.165, 1.54) is 21.3 Å². The van der Waals surface area contributed by atoms with Gasteiger partial charge in [-0.05, 0) is 37.1 Å². The maximum absolute atomic E-state index is 12.2. The minimum absolute atomic E-state index is 0.125. The van der Waals surface area contributed by atoms with Crippen LogP contribution in [0.1, 0.15) is 18.4 Å². The Kier molecular flexibility index (Phi) is 7.61. The third-order valence-electron chi connectivity index (χ3n) is 3.89. The highest BCUT2D eigenvalue weighted by Crippen LogP contribution is 2.39. The van der Waals surface area contributed by atoms with Gasteiger partial charge in [0.05, 0.1) is 27.9 Å². The summed E-state index contributed by atoms with van der Waals surface area (Å²) in [5.41, 5.74) is 1.53. The van der Waals surface area contributed by atoms with Crippen LogP contribution in [-0.4, -0.2) is 33.8 Å². The van der Waals surface area contributed by atoms with Crippen molar-refractivity contribution in [1.82, 2.24) is 0 Å². The largest absolute Gasteiger partial charge is 0.494 e. The molecule has 6 nitrogen and oxygen atoms in total. The van der Waals surface area contributed by atoms with Crippen molar-refractivity contribution in [2.75, 3.05) is 33.3 Å². The van der Waals surface area contributed by atoms with Crippen LogP contribution in [0.3, 0.4) is 0 Å². The molecule has 0 aliphatic carbocycles. The number of hydrogen-bond donors (Lipinski definition) is 1. The summed E-state index contributed by atoms with van der Waals surface area (Å²) in [4.78, 5) is 12.2. The predicted molar refractivity (Wildman–Crippen MR) is 106 cm³/mol. The molecular weight excluding hydrogens is 370 g/mol. The Labute approximate surface area is 164 Å². The smallest absolute Gasteiger partial charge is 0.224 e. The Balaban J connectivity index is 1.87. The zero-order valence-electron chi connectivity index (χ0n) is 15.9. The van der Waals surface area contributed by atoms with Gasteiger partial charge in [-0.1, -0.05) is 11.6 Å². The van der Waals surface area contributed by atoms with Gasteiger partial charge in [-0.25, -0.2) is 0 Å². The van der Waals surface area contributed by atoms with Crippen molar-refractivity contribution in [1.29, 1.82) is 0 Å². The number of ether oxygens (including phenoxy) is 4. The second-order valence-electron chi connectivity index (χ2n) is 5.83. The van der Waals surface area contributed by atoms with Gasteiger partial charge in [-0.3, -0.25) is 4.79 Å². The fourth-order valence-corrected chi connectivity index (χ4v) is 2.62. The summed E-state index contributed by atoms with van der Waals surface area (Å²) in [5, 5.41) is 3.53. The molecule has 0 fully saturated rings. The molecule has 7 heteroatoms. The lowest BCUT2D eigenvalue weighted by atomic mass is 10.2. The van der Waals surface area contributed by atoms with Crippen molar-refractivity contribution in [3.8, 4) is 23.0 Å². The molecule has 0 saturated heterocycles. The van der Waals surface area contributed by atoms with E-state index in [2.05, 4.69) is 5.32 Å². The molecular formula is C20H24ClNO5. The molecule has 2 aromatic carbocycles. The second-order valence-corrected chi connectivity index (χ2v) is 6.23. The molecule has 0 aliphatic rings. The van der Waals surface area contributed by atoms with Crippen molar-refractivity contribution < 1.29 is 23.7 Å². The Bertz CT molecular complexity index is 769. The van der Waals surface area contributed by atoms with Crippen molar-refractivity contribution in [2.24, 2.45) is 0 Å². The van der Waals surface area contributed by atoms with Crippen molar-refractivity contribution in [3.05, 3.63) is 40.9 Å². The van der Waals surface area contributed by atoms with Gasteiger partial charge in [-0.15, -0.1) is 0 Å². The molecule has 0 spiro atoms. The molecule has 27 heavy (non-hydrogen) atoms. The van der Waals surface area contributed by atoms with Crippen LogP contribution in [0.25, 0.3) is 0 Å². The van der Waals surface area contributed by atoms with Crippen LogP contribution in [0.5, 0.6) is 23.0 Å². The fraction of sp³-hybridized carbons (Fsp3) is 0.350. The van der Waals surface area contributed by atoms with Crippen molar-refractivity contribution in [2.45, 2.75) is 19.8 Å². The fourth-order valence-electron chi connectivity index (χ4n) is 2.51. The van der Waals surface area contributed by atoms with Gasteiger partial charge in [0.2, 0.25) is 11.7 Å². The Hall–Kier alpha value is -2.60. The van der Waals surface area contributed by atoms with Gasteiger partial charge < -0.3 is 24.3 Å². The van der Waals surface area contributed by atoms with Crippen molar-refractivity contribution >= 4 is 23.2 Å². The lowest BCUT2D eigenvalue weighted by Crippen LogP contribution is -2.13. The SMILES string of the molecule is COc1cc(NC(=O)CCCOc2ccc(Cl)c(C)c2)cc(OC)c1OC. The number of nitrogens with one attached hydrogen (secondary N) is 1. The number of amides is 1. The summed E-state index contributed by atoms with van der Waals surface area (Å²) in [7, 11) is 4.58. The van der Waals surface area contributed by atoms with E-state index in [4.69, 9.17) is 30.5 Å². The molecule has 146 valence electrons. The highest BCUT2D eigenvalue weighted by Gasteiger charge is 2.14. The van der Waals surface area contributed by atoms with Crippen LogP contribution in [0.2, 0.25) is 5.02 Å². The number of hydrogen-bond acceptors (Lipinski definition) is 5. The Morgan fingerprint density at radius 3 is 2.26 bits per heavy atom. The maximum Gasteiger partial charge on any atom is 0.224 e. The van der Waals surface area contributed by atoms with E-state index in [1.807, 2.05) is 19.1 Å². The standard InChI is InChI=1S/C20H24ClNO5/c1-13-10-15(7-8-16(13)21)27-9-5-6-19(23)22-14-11-17(24-2)20(26-4)18(12-14)25-3/h7-8,10-12H,5-6,9H2,1-4H3,(H,22,23). The number of anilines is 1. The number of carbonyl (C=O) groups is 1. The first-order chi connectivity index (χ1) is 13.0. The summed E-state index contributed by atoms with van der Waals surface area (Å²) in [6.07, 6.45) is 0.904. The summed E-state index contributed by atoms with van der Waals surface area (Å²) in [6.45, 7) is 2.35. The first-order valence-electron chi connectivity index (χ1n) is 8.47. The monoisotopic (exact) mass is 393 g/mol. The molecule has 0 aliphatic heterocycles. The molecule has 2 rings (SSSR count). The van der Waals surface area contributed by atoms with Crippen LogP contribution >= 0.6 is 11.6 Å². The molecule has 0 bridgehead atoms. The first-order valence-corrected chi connectivity index (χ1v) is 8.85. The van der Waals surface area contributed by atoms with Crippen molar-refractivity contribution in [3.63, 3.8) is 0 Å². The molecule has 0 aromatic heterocycles. The number of aryl methyl sites for hydroxylation is 1. The predicted octanol–water partition coefficient (Wildman–Crippen LogP) is 4.47. The van der Waals surface area contributed by atoms with Gasteiger partial charge >= 0.3 is 0 Å². The number of rotatable bonds is 9. The van der Waals surface area contributed by atoms with E-state index < -0.39 is 0 Å². The van der Waals surface area contributed by atoms with E-state index in [-0.39, 0.29) is 5.91 Å². The van der Waals surface area contributed by atoms with E-state index in [1.54, 1.807) is 18.2 Å². The van der Waals surface area contributed by atoms with Gasteiger partial charge in [-0.2, -0.15) is 0 Å². The molecule has 1 amide bonds. The number of halogens is 1. The molecule has 2 aromatic rings. The van der Waals surface area contributed by atoms with Crippen LogP contribution in [0.4, 0.5) is 5.69 Å². The molecule has 0 heterocycles. The number of methoxy groups -OCH3 is 3. The topological polar surface area (TPSA) is 66.0 Å². The van der Waals surface area contributed by atoms with Gasteiger partial charge in [0, 0.05) is 29.3 Å².